The average molecular weight is 271 g/mol. The number of ketones is 1. The first-order valence-corrected chi connectivity index (χ1v) is 6.02. The fourth-order valence-corrected chi connectivity index (χ4v) is 1.27. The molecule has 0 heterocycles. The fraction of sp³-hybridized carbons (Fsp3) is 0.667. The van der Waals surface area contributed by atoms with Crippen LogP contribution in [0.5, 0.6) is 0 Å². The van der Waals surface area contributed by atoms with E-state index in [9.17, 15) is 19.2 Å². The van der Waals surface area contributed by atoms with Crippen LogP contribution in [-0.4, -0.2) is 67.0 Å². The normalized spacial score (nSPS) is 9.68. The summed E-state index contributed by atoms with van der Waals surface area (Å²) < 4.78 is 0. The highest BCUT2D eigenvalue weighted by molar-refractivity contribution is 5.89. The van der Waals surface area contributed by atoms with Gasteiger partial charge in [-0.25, -0.2) is 0 Å². The highest BCUT2D eigenvalue weighted by Crippen LogP contribution is 1.91. The molecule has 7 heteroatoms. The van der Waals surface area contributed by atoms with Gasteiger partial charge in [-0.3, -0.25) is 19.2 Å². The van der Waals surface area contributed by atoms with Crippen molar-refractivity contribution in [2.24, 2.45) is 0 Å². The van der Waals surface area contributed by atoms with Crippen molar-refractivity contribution < 1.29 is 19.2 Å². The molecule has 0 bridgehead atoms. The van der Waals surface area contributed by atoms with E-state index in [1.165, 1.54) is 30.8 Å². The molecule has 1 N–H and O–H groups in total. The van der Waals surface area contributed by atoms with Crippen molar-refractivity contribution in [3.05, 3.63) is 0 Å². The van der Waals surface area contributed by atoms with E-state index >= 15 is 0 Å². The standard InChI is InChI=1S/C12H21N3O4/c1-5-10(17)13-6-11(18)15(4)8-12(19)14(3)7-9(2)16/h5-8H2,1-4H3,(H,13,17). The van der Waals surface area contributed by atoms with Crippen molar-refractivity contribution in [3.63, 3.8) is 0 Å². The third-order valence-electron chi connectivity index (χ3n) is 2.44. The Balaban J connectivity index is 4.17. The Kier molecular flexibility index (Phi) is 7.40. The molecule has 0 aliphatic carbocycles. The molecule has 108 valence electrons. The zero-order chi connectivity index (χ0) is 15.0. The van der Waals surface area contributed by atoms with Gasteiger partial charge in [-0.2, -0.15) is 0 Å². The monoisotopic (exact) mass is 271 g/mol. The summed E-state index contributed by atoms with van der Waals surface area (Å²) in [5.74, 6) is -1.03. The third-order valence-corrected chi connectivity index (χ3v) is 2.44. The van der Waals surface area contributed by atoms with Crippen LogP contribution in [0.1, 0.15) is 20.3 Å². The lowest BCUT2D eigenvalue weighted by atomic mass is 10.3. The Morgan fingerprint density at radius 3 is 1.95 bits per heavy atom. The number of hydrogen-bond donors (Lipinski definition) is 1. The Bertz CT molecular complexity index is 368. The van der Waals surface area contributed by atoms with Gasteiger partial charge in [-0.1, -0.05) is 6.92 Å². The molecular formula is C12H21N3O4. The molecule has 0 unspecified atom stereocenters. The van der Waals surface area contributed by atoms with Gasteiger partial charge in [-0.15, -0.1) is 0 Å². The zero-order valence-corrected chi connectivity index (χ0v) is 11.9. The van der Waals surface area contributed by atoms with E-state index in [0.29, 0.717) is 6.42 Å². The van der Waals surface area contributed by atoms with Crippen LogP contribution in [0.4, 0.5) is 0 Å². The third kappa shape index (κ3) is 7.17. The summed E-state index contributed by atoms with van der Waals surface area (Å²) >= 11 is 0. The molecule has 7 nitrogen and oxygen atoms in total. The van der Waals surface area contributed by atoms with E-state index in [1.54, 1.807) is 6.92 Å². The lowest BCUT2D eigenvalue weighted by molar-refractivity contribution is -0.139. The zero-order valence-electron chi connectivity index (χ0n) is 11.9. The predicted octanol–water partition coefficient (Wildman–Crippen LogP) is -0.982. The van der Waals surface area contributed by atoms with Crippen LogP contribution in [-0.2, 0) is 19.2 Å². The Hall–Kier alpha value is -1.92. The van der Waals surface area contributed by atoms with Gasteiger partial charge in [0.25, 0.3) is 0 Å². The minimum Gasteiger partial charge on any atom is -0.347 e. The van der Waals surface area contributed by atoms with E-state index in [1.807, 2.05) is 0 Å². The minimum absolute atomic E-state index is 0.0213. The molecule has 0 radical (unpaired) electrons. The molecule has 0 aliphatic rings. The van der Waals surface area contributed by atoms with Crippen molar-refractivity contribution in [1.82, 2.24) is 15.1 Å². The van der Waals surface area contributed by atoms with Gasteiger partial charge in [0.2, 0.25) is 17.7 Å². The molecule has 0 fully saturated rings. The fourth-order valence-electron chi connectivity index (χ4n) is 1.27. The number of likely N-dealkylation sites (N-methyl/N-ethyl adjacent to an activating group) is 2. The Morgan fingerprint density at radius 1 is 0.947 bits per heavy atom. The van der Waals surface area contributed by atoms with Crippen LogP contribution in [0.15, 0.2) is 0 Å². The number of rotatable bonds is 7. The molecule has 0 rings (SSSR count). The minimum atomic E-state index is -0.355. The lowest BCUT2D eigenvalue weighted by Gasteiger charge is -2.21. The van der Waals surface area contributed by atoms with Crippen LogP contribution >= 0.6 is 0 Å². The second-order valence-electron chi connectivity index (χ2n) is 4.33. The van der Waals surface area contributed by atoms with E-state index in [-0.39, 0.29) is 43.1 Å². The maximum atomic E-state index is 11.7. The average Bonchev–Trinajstić information content (AvgIpc) is 2.34. The molecule has 0 saturated carbocycles. The van der Waals surface area contributed by atoms with Gasteiger partial charge in [0.15, 0.2) is 0 Å². The van der Waals surface area contributed by atoms with Crippen molar-refractivity contribution in [2.45, 2.75) is 20.3 Å². The summed E-state index contributed by atoms with van der Waals surface area (Å²) in [5.41, 5.74) is 0. The number of carbonyl (C=O) groups is 4. The Labute approximate surface area is 112 Å². The maximum Gasteiger partial charge on any atom is 0.242 e. The summed E-state index contributed by atoms with van der Waals surface area (Å²) in [6.07, 6.45) is 0.303. The van der Waals surface area contributed by atoms with Gasteiger partial charge in [0.05, 0.1) is 19.6 Å². The van der Waals surface area contributed by atoms with Gasteiger partial charge in [0, 0.05) is 20.5 Å². The predicted molar refractivity (Wildman–Crippen MR) is 69.3 cm³/mol. The van der Waals surface area contributed by atoms with Crippen LogP contribution in [0, 0.1) is 0 Å². The Morgan fingerprint density at radius 2 is 1.47 bits per heavy atom. The lowest BCUT2D eigenvalue weighted by Crippen LogP contribution is -2.44. The van der Waals surface area contributed by atoms with E-state index < -0.39 is 0 Å². The van der Waals surface area contributed by atoms with Crippen molar-refractivity contribution in [2.75, 3.05) is 33.7 Å². The molecule has 19 heavy (non-hydrogen) atoms. The van der Waals surface area contributed by atoms with Crippen molar-refractivity contribution >= 4 is 23.5 Å². The van der Waals surface area contributed by atoms with E-state index in [4.69, 9.17) is 0 Å². The topological polar surface area (TPSA) is 86.8 Å². The summed E-state index contributed by atoms with van der Waals surface area (Å²) in [6, 6.07) is 0. The molecule has 0 aromatic heterocycles. The molecular weight excluding hydrogens is 250 g/mol. The van der Waals surface area contributed by atoms with Crippen molar-refractivity contribution in [3.8, 4) is 0 Å². The first kappa shape index (κ1) is 17.1. The summed E-state index contributed by atoms with van der Waals surface area (Å²) in [6.45, 7) is 2.84. The van der Waals surface area contributed by atoms with Crippen LogP contribution in [0.3, 0.4) is 0 Å². The molecule has 0 spiro atoms. The smallest absolute Gasteiger partial charge is 0.242 e. The molecule has 0 aromatic rings. The number of nitrogens with zero attached hydrogens (tertiary/aromatic N) is 2. The first-order valence-electron chi connectivity index (χ1n) is 6.02. The molecule has 0 atom stereocenters. The number of Topliss-reactive ketones (excluding diaryl/α,β-unsaturated/α-hetero) is 1. The summed E-state index contributed by atoms with van der Waals surface area (Å²) in [7, 11) is 2.97. The van der Waals surface area contributed by atoms with Crippen LogP contribution in [0.25, 0.3) is 0 Å². The van der Waals surface area contributed by atoms with E-state index in [2.05, 4.69) is 5.32 Å². The van der Waals surface area contributed by atoms with E-state index in [0.717, 1.165) is 0 Å². The number of nitrogens with one attached hydrogen (secondary N) is 1. The largest absolute Gasteiger partial charge is 0.347 e. The molecule has 0 aromatic carbocycles. The van der Waals surface area contributed by atoms with Gasteiger partial charge in [-0.05, 0) is 6.92 Å². The van der Waals surface area contributed by atoms with Crippen LogP contribution < -0.4 is 5.32 Å². The molecule has 0 aliphatic heterocycles. The number of amides is 3. The maximum absolute atomic E-state index is 11.7. The quantitative estimate of drug-likeness (QED) is 0.644. The molecule has 3 amide bonds. The highest BCUT2D eigenvalue weighted by Gasteiger charge is 2.16. The number of hydrogen-bond acceptors (Lipinski definition) is 4. The van der Waals surface area contributed by atoms with Gasteiger partial charge < -0.3 is 15.1 Å². The second-order valence-corrected chi connectivity index (χ2v) is 4.33. The van der Waals surface area contributed by atoms with Gasteiger partial charge >= 0.3 is 0 Å². The van der Waals surface area contributed by atoms with Crippen molar-refractivity contribution in [1.29, 1.82) is 0 Å². The number of carbonyl (C=O) groups excluding carboxylic acids is 4. The highest BCUT2D eigenvalue weighted by atomic mass is 16.2. The SMILES string of the molecule is CCC(=O)NCC(=O)N(C)CC(=O)N(C)CC(C)=O. The summed E-state index contributed by atoms with van der Waals surface area (Å²) in [5, 5.41) is 2.44. The molecule has 0 saturated heterocycles. The summed E-state index contributed by atoms with van der Waals surface area (Å²) in [4.78, 5) is 47.6. The first-order chi connectivity index (χ1) is 8.77. The van der Waals surface area contributed by atoms with Crippen LogP contribution in [0.2, 0.25) is 0 Å². The second kappa shape index (κ2) is 8.23. The van der Waals surface area contributed by atoms with Gasteiger partial charge in [0.1, 0.15) is 5.78 Å².